The maximum Gasteiger partial charge on any atom is 0.416 e. The number of halogens is 3. The Morgan fingerprint density at radius 2 is 1.83 bits per heavy atom. The summed E-state index contributed by atoms with van der Waals surface area (Å²) in [6, 6.07) is 5.33. The average Bonchev–Trinajstić information content (AvgIpc) is 3.00. The number of aliphatic hydroxyl groups is 1. The zero-order chi connectivity index (χ0) is 21.5. The molecule has 2 N–H and O–H groups in total. The highest BCUT2D eigenvalue weighted by Crippen LogP contribution is 2.30. The Morgan fingerprint density at radius 1 is 1.13 bits per heavy atom. The SMILES string of the molecule is CN1CN(Cc2ccc(C(F)(F)F)cc2)C=C2C1=NC(N[C@@H]1CCCC[C@H]1O)N2C. The van der Waals surface area contributed by atoms with Crippen LogP contribution in [0.25, 0.3) is 0 Å². The van der Waals surface area contributed by atoms with Gasteiger partial charge >= 0.3 is 6.18 Å². The summed E-state index contributed by atoms with van der Waals surface area (Å²) < 4.78 is 38.3. The fourth-order valence-electron chi connectivity index (χ4n) is 4.33. The van der Waals surface area contributed by atoms with Gasteiger partial charge in [-0.1, -0.05) is 25.0 Å². The number of likely N-dealkylation sites (N-methyl/N-ethyl adjacent to an activating group) is 2. The lowest BCUT2D eigenvalue weighted by Gasteiger charge is -2.36. The molecule has 0 bridgehead atoms. The molecule has 0 amide bonds. The third kappa shape index (κ3) is 4.27. The zero-order valence-corrected chi connectivity index (χ0v) is 17.2. The summed E-state index contributed by atoms with van der Waals surface area (Å²) in [6.07, 6.45) is 1.01. The van der Waals surface area contributed by atoms with Crippen molar-refractivity contribution in [3.05, 3.63) is 47.3 Å². The number of aliphatic imine (C=N–C) groups is 1. The molecule has 1 aromatic rings. The largest absolute Gasteiger partial charge is 0.416 e. The van der Waals surface area contributed by atoms with E-state index in [9.17, 15) is 18.3 Å². The zero-order valence-electron chi connectivity index (χ0n) is 17.2. The molecule has 1 aromatic carbocycles. The number of aliphatic hydroxyl groups excluding tert-OH is 1. The molecule has 2 aliphatic heterocycles. The van der Waals surface area contributed by atoms with Crippen LogP contribution >= 0.6 is 0 Å². The van der Waals surface area contributed by atoms with Gasteiger partial charge in [-0.2, -0.15) is 13.2 Å². The summed E-state index contributed by atoms with van der Waals surface area (Å²) in [4.78, 5) is 11.0. The summed E-state index contributed by atoms with van der Waals surface area (Å²) in [5.41, 5.74) is 1.14. The van der Waals surface area contributed by atoms with E-state index in [0.717, 1.165) is 54.9 Å². The molecule has 6 nitrogen and oxygen atoms in total. The van der Waals surface area contributed by atoms with Crippen molar-refractivity contribution in [1.29, 1.82) is 0 Å². The van der Waals surface area contributed by atoms with E-state index in [-0.39, 0.29) is 18.4 Å². The van der Waals surface area contributed by atoms with Crippen molar-refractivity contribution in [3.63, 3.8) is 0 Å². The van der Waals surface area contributed by atoms with Gasteiger partial charge in [-0.15, -0.1) is 0 Å². The Balaban J connectivity index is 1.45. The lowest BCUT2D eigenvalue weighted by Crippen LogP contribution is -2.50. The second-order valence-corrected chi connectivity index (χ2v) is 8.36. The van der Waals surface area contributed by atoms with Gasteiger partial charge in [0, 0.05) is 32.9 Å². The van der Waals surface area contributed by atoms with Gasteiger partial charge < -0.3 is 19.8 Å². The molecule has 0 spiro atoms. The summed E-state index contributed by atoms with van der Waals surface area (Å²) >= 11 is 0. The Morgan fingerprint density at radius 3 is 2.50 bits per heavy atom. The van der Waals surface area contributed by atoms with Gasteiger partial charge in [-0.05, 0) is 30.5 Å². The maximum atomic E-state index is 12.8. The number of amidine groups is 1. The fraction of sp³-hybridized carbons (Fsp3) is 0.571. The molecule has 1 unspecified atom stereocenters. The number of alkyl halides is 3. The lowest BCUT2D eigenvalue weighted by atomic mass is 9.93. The van der Waals surface area contributed by atoms with E-state index in [4.69, 9.17) is 4.99 Å². The molecule has 3 aliphatic rings. The van der Waals surface area contributed by atoms with Crippen molar-refractivity contribution in [2.24, 2.45) is 4.99 Å². The maximum absolute atomic E-state index is 12.8. The number of hydrogen-bond acceptors (Lipinski definition) is 6. The molecular formula is C21H28F3N5O. The number of rotatable bonds is 4. The molecule has 1 aliphatic carbocycles. The van der Waals surface area contributed by atoms with Crippen LogP contribution in [0.4, 0.5) is 13.2 Å². The van der Waals surface area contributed by atoms with E-state index in [1.807, 2.05) is 30.1 Å². The minimum Gasteiger partial charge on any atom is -0.392 e. The normalized spacial score (nSPS) is 27.1. The Labute approximate surface area is 174 Å². The van der Waals surface area contributed by atoms with Crippen LogP contribution in [-0.2, 0) is 12.7 Å². The van der Waals surface area contributed by atoms with E-state index in [2.05, 4.69) is 10.2 Å². The van der Waals surface area contributed by atoms with Gasteiger partial charge in [0.25, 0.3) is 0 Å². The predicted octanol–water partition coefficient (Wildman–Crippen LogP) is 2.77. The Hall–Kier alpha value is -2.26. The van der Waals surface area contributed by atoms with Crippen molar-refractivity contribution in [1.82, 2.24) is 20.0 Å². The molecule has 164 valence electrons. The average molecular weight is 423 g/mol. The molecule has 0 aromatic heterocycles. The first-order valence-electron chi connectivity index (χ1n) is 10.3. The molecule has 0 saturated heterocycles. The molecule has 3 atom stereocenters. The van der Waals surface area contributed by atoms with Crippen LogP contribution in [0, 0.1) is 0 Å². The van der Waals surface area contributed by atoms with Gasteiger partial charge in [0.1, 0.15) is 0 Å². The van der Waals surface area contributed by atoms with Crippen molar-refractivity contribution >= 4 is 5.84 Å². The smallest absolute Gasteiger partial charge is 0.392 e. The van der Waals surface area contributed by atoms with Crippen LogP contribution in [0.3, 0.4) is 0 Å². The van der Waals surface area contributed by atoms with Crippen molar-refractivity contribution < 1.29 is 18.3 Å². The molecule has 1 saturated carbocycles. The van der Waals surface area contributed by atoms with Gasteiger partial charge in [0.05, 0.1) is 24.0 Å². The number of nitrogens with zero attached hydrogens (tertiary/aromatic N) is 4. The second-order valence-electron chi connectivity index (χ2n) is 8.36. The fourth-order valence-corrected chi connectivity index (χ4v) is 4.33. The van der Waals surface area contributed by atoms with Crippen LogP contribution in [0.15, 0.2) is 41.2 Å². The highest BCUT2D eigenvalue weighted by Gasteiger charge is 2.36. The highest BCUT2D eigenvalue weighted by atomic mass is 19.4. The number of nitrogens with one attached hydrogen (secondary N) is 1. The molecule has 4 rings (SSSR count). The van der Waals surface area contributed by atoms with E-state index >= 15 is 0 Å². The summed E-state index contributed by atoms with van der Waals surface area (Å²) in [5.74, 6) is 0.879. The van der Waals surface area contributed by atoms with E-state index in [1.54, 1.807) is 0 Å². The van der Waals surface area contributed by atoms with Crippen molar-refractivity contribution in [2.75, 3.05) is 20.8 Å². The molecule has 30 heavy (non-hydrogen) atoms. The number of benzene rings is 1. The quantitative estimate of drug-likeness (QED) is 0.780. The van der Waals surface area contributed by atoms with Crippen molar-refractivity contribution in [3.8, 4) is 0 Å². The third-order valence-electron chi connectivity index (χ3n) is 6.04. The monoisotopic (exact) mass is 423 g/mol. The summed E-state index contributed by atoms with van der Waals surface area (Å²) in [7, 11) is 3.92. The van der Waals surface area contributed by atoms with Crippen LogP contribution in [-0.4, -0.2) is 64.8 Å². The van der Waals surface area contributed by atoms with Crippen LogP contribution in [0.2, 0.25) is 0 Å². The predicted molar refractivity (Wildman–Crippen MR) is 108 cm³/mol. The number of hydrogen-bond donors (Lipinski definition) is 2. The first-order valence-corrected chi connectivity index (χ1v) is 10.3. The molecule has 0 radical (unpaired) electrons. The summed E-state index contributed by atoms with van der Waals surface area (Å²) in [5, 5.41) is 13.7. The molecule has 9 heteroatoms. The standard InChI is InChI=1S/C21H28F3N5O/c1-27-13-29(11-14-7-9-15(10-8-14)21(22,23)24)12-17-19(27)26-20(28(17)2)25-16-5-3-4-6-18(16)30/h7-10,12,16,18,20,25,30H,3-6,11,13H2,1-2H3/t16-,18-,20?/m1/s1. The van der Waals surface area contributed by atoms with Crippen molar-refractivity contribution in [2.45, 2.75) is 56.8 Å². The third-order valence-corrected chi connectivity index (χ3v) is 6.04. The topological polar surface area (TPSA) is 54.3 Å². The van der Waals surface area contributed by atoms with Gasteiger partial charge in [-0.25, -0.2) is 4.99 Å². The highest BCUT2D eigenvalue weighted by molar-refractivity contribution is 5.99. The summed E-state index contributed by atoms with van der Waals surface area (Å²) in [6.45, 7) is 1.10. The first kappa shape index (κ1) is 21.0. The number of fused-ring (bicyclic) bond motifs is 1. The van der Waals surface area contributed by atoms with E-state index in [1.165, 1.54) is 12.1 Å². The van der Waals surface area contributed by atoms with Gasteiger partial charge in [-0.3, -0.25) is 5.32 Å². The molecule has 2 heterocycles. The first-order chi connectivity index (χ1) is 14.2. The van der Waals surface area contributed by atoms with Crippen LogP contribution in [0.1, 0.15) is 36.8 Å². The minimum absolute atomic E-state index is 0.0323. The lowest BCUT2D eigenvalue weighted by molar-refractivity contribution is -0.137. The van der Waals surface area contributed by atoms with E-state index in [0.29, 0.717) is 13.2 Å². The van der Waals surface area contributed by atoms with Crippen LogP contribution < -0.4 is 5.32 Å². The molecule has 1 fully saturated rings. The minimum atomic E-state index is -4.32. The Bertz CT molecular complexity index is 823. The van der Waals surface area contributed by atoms with Gasteiger partial charge in [0.2, 0.25) is 0 Å². The molecular weight excluding hydrogens is 395 g/mol. The van der Waals surface area contributed by atoms with Gasteiger partial charge in [0.15, 0.2) is 12.1 Å². The Kier molecular flexibility index (Phi) is 5.67. The second kappa shape index (κ2) is 8.11. The van der Waals surface area contributed by atoms with Crippen LogP contribution in [0.5, 0.6) is 0 Å². The van der Waals surface area contributed by atoms with E-state index < -0.39 is 11.7 Å².